The molecule has 0 spiro atoms. The molecule has 8 nitrogen and oxygen atoms in total. The SMILES string of the molecule is CC(=O)OCc1cc(C#N)cc(C#N)c1.CC(=O)OCc1cc(C#N)cc(C#N)c1. The van der Waals surface area contributed by atoms with Crippen molar-refractivity contribution in [1.29, 1.82) is 21.0 Å². The third-order valence-electron chi connectivity index (χ3n) is 3.39. The van der Waals surface area contributed by atoms with Gasteiger partial charge in [-0.15, -0.1) is 0 Å². The van der Waals surface area contributed by atoms with Crippen LogP contribution in [0.15, 0.2) is 36.4 Å². The lowest BCUT2D eigenvalue weighted by atomic mass is 10.1. The Balaban J connectivity index is 0.000000300. The first-order valence-corrected chi connectivity index (χ1v) is 8.46. The zero-order valence-corrected chi connectivity index (χ0v) is 16.3. The number of carbonyl (C=O) groups excluding carboxylic acids is 2. The minimum absolute atomic E-state index is 0.0829. The molecule has 0 bridgehead atoms. The van der Waals surface area contributed by atoms with Crippen LogP contribution in [0, 0.1) is 45.3 Å². The number of nitriles is 4. The predicted molar refractivity (Wildman–Crippen MR) is 103 cm³/mol. The van der Waals surface area contributed by atoms with E-state index in [1.165, 1.54) is 26.0 Å². The van der Waals surface area contributed by atoms with E-state index in [-0.39, 0.29) is 13.2 Å². The van der Waals surface area contributed by atoms with E-state index in [1.54, 1.807) is 24.3 Å². The number of hydrogen-bond acceptors (Lipinski definition) is 8. The van der Waals surface area contributed by atoms with E-state index < -0.39 is 11.9 Å². The number of ether oxygens (including phenoxy) is 2. The number of rotatable bonds is 4. The van der Waals surface area contributed by atoms with Crippen molar-refractivity contribution in [3.05, 3.63) is 69.8 Å². The molecule has 0 aliphatic carbocycles. The molecule has 0 aliphatic heterocycles. The standard InChI is InChI=1S/2C11H8N2O2/c2*1-8(14)15-7-11-3-9(5-12)2-10(4-11)6-13/h2*2-4H,7H2,1H3. The van der Waals surface area contributed by atoms with Gasteiger partial charge >= 0.3 is 11.9 Å². The maximum atomic E-state index is 10.6. The highest BCUT2D eigenvalue weighted by molar-refractivity contribution is 5.66. The van der Waals surface area contributed by atoms with Crippen LogP contribution in [0.25, 0.3) is 0 Å². The van der Waals surface area contributed by atoms with Gasteiger partial charge in [0.15, 0.2) is 0 Å². The monoisotopic (exact) mass is 400 g/mol. The summed E-state index contributed by atoms with van der Waals surface area (Å²) in [7, 11) is 0. The summed E-state index contributed by atoms with van der Waals surface area (Å²) in [5.41, 5.74) is 2.82. The van der Waals surface area contributed by atoms with Gasteiger partial charge in [0.1, 0.15) is 13.2 Å². The Morgan fingerprint density at radius 2 is 0.900 bits per heavy atom. The summed E-state index contributed by atoms with van der Waals surface area (Å²) in [5, 5.41) is 34.8. The van der Waals surface area contributed by atoms with Crippen molar-refractivity contribution in [3.63, 3.8) is 0 Å². The molecule has 2 aromatic carbocycles. The third kappa shape index (κ3) is 8.35. The molecular formula is C22H16N4O4. The van der Waals surface area contributed by atoms with Crippen LogP contribution < -0.4 is 0 Å². The Labute approximate surface area is 173 Å². The van der Waals surface area contributed by atoms with E-state index in [1.807, 2.05) is 24.3 Å². The molecule has 0 saturated carbocycles. The summed E-state index contributed by atoms with van der Waals surface area (Å²) in [6.07, 6.45) is 0. The van der Waals surface area contributed by atoms with Gasteiger partial charge in [-0.2, -0.15) is 21.0 Å². The highest BCUT2D eigenvalue weighted by Gasteiger charge is 2.03. The molecule has 0 aliphatic rings. The van der Waals surface area contributed by atoms with Crippen molar-refractivity contribution in [3.8, 4) is 24.3 Å². The molecule has 0 aromatic heterocycles. The topological polar surface area (TPSA) is 148 Å². The Kier molecular flexibility index (Phi) is 9.30. The van der Waals surface area contributed by atoms with Gasteiger partial charge in [-0.3, -0.25) is 9.59 Å². The average molecular weight is 400 g/mol. The first kappa shape index (κ1) is 23.4. The van der Waals surface area contributed by atoms with E-state index >= 15 is 0 Å². The lowest BCUT2D eigenvalue weighted by Crippen LogP contribution is -1.99. The molecule has 148 valence electrons. The minimum atomic E-state index is -0.393. The molecule has 2 aromatic rings. The number of esters is 2. The lowest BCUT2D eigenvalue weighted by Gasteiger charge is -2.02. The van der Waals surface area contributed by atoms with Crippen LogP contribution in [0.3, 0.4) is 0 Å². The normalized spacial score (nSPS) is 8.73. The Morgan fingerprint density at radius 1 is 0.633 bits per heavy atom. The Hall–Kier alpha value is -4.66. The van der Waals surface area contributed by atoms with Gasteiger partial charge in [0.05, 0.1) is 46.5 Å². The zero-order chi connectivity index (χ0) is 22.5. The van der Waals surface area contributed by atoms with Crippen LogP contribution in [0.5, 0.6) is 0 Å². The van der Waals surface area contributed by atoms with E-state index in [4.69, 9.17) is 30.5 Å². The molecule has 30 heavy (non-hydrogen) atoms. The zero-order valence-electron chi connectivity index (χ0n) is 16.3. The maximum absolute atomic E-state index is 10.6. The van der Waals surface area contributed by atoms with Gasteiger partial charge in [0.25, 0.3) is 0 Å². The molecule has 8 heteroatoms. The third-order valence-corrected chi connectivity index (χ3v) is 3.39. The van der Waals surface area contributed by atoms with Gasteiger partial charge in [0, 0.05) is 13.8 Å². The van der Waals surface area contributed by atoms with Crippen molar-refractivity contribution in [2.24, 2.45) is 0 Å². The van der Waals surface area contributed by atoms with Crippen LogP contribution >= 0.6 is 0 Å². The smallest absolute Gasteiger partial charge is 0.302 e. The van der Waals surface area contributed by atoms with E-state index in [9.17, 15) is 9.59 Å². The first-order valence-electron chi connectivity index (χ1n) is 8.46. The quantitative estimate of drug-likeness (QED) is 0.711. The summed E-state index contributed by atoms with van der Waals surface area (Å²) in [6.45, 7) is 2.78. The summed E-state index contributed by atoms with van der Waals surface area (Å²) in [6, 6.07) is 17.1. The number of carbonyl (C=O) groups is 2. The molecule has 0 saturated heterocycles. The van der Waals surface area contributed by atoms with Gasteiger partial charge in [-0.25, -0.2) is 0 Å². The predicted octanol–water partition coefficient (Wildman–Crippen LogP) is 2.99. The summed E-state index contributed by atoms with van der Waals surface area (Å²) in [5.74, 6) is -0.785. The molecule has 0 amide bonds. The molecular weight excluding hydrogens is 384 g/mol. The molecule has 0 fully saturated rings. The Morgan fingerprint density at radius 3 is 1.10 bits per heavy atom. The van der Waals surface area contributed by atoms with Gasteiger partial charge in [-0.05, 0) is 47.5 Å². The first-order chi connectivity index (χ1) is 14.3. The van der Waals surface area contributed by atoms with Crippen molar-refractivity contribution in [1.82, 2.24) is 0 Å². The maximum Gasteiger partial charge on any atom is 0.302 e. The second-order valence-electron chi connectivity index (χ2n) is 5.84. The van der Waals surface area contributed by atoms with Crippen molar-refractivity contribution < 1.29 is 19.1 Å². The fraction of sp³-hybridized carbons (Fsp3) is 0.182. The van der Waals surface area contributed by atoms with Crippen LogP contribution in [0.4, 0.5) is 0 Å². The molecule has 2 rings (SSSR count). The van der Waals surface area contributed by atoms with Crippen molar-refractivity contribution in [2.75, 3.05) is 0 Å². The minimum Gasteiger partial charge on any atom is -0.461 e. The van der Waals surface area contributed by atoms with Crippen molar-refractivity contribution in [2.45, 2.75) is 27.1 Å². The summed E-state index contributed by atoms with van der Waals surface area (Å²) >= 11 is 0. The van der Waals surface area contributed by atoms with E-state index in [0.29, 0.717) is 33.4 Å². The van der Waals surface area contributed by atoms with Gasteiger partial charge < -0.3 is 9.47 Å². The van der Waals surface area contributed by atoms with Crippen molar-refractivity contribution >= 4 is 11.9 Å². The molecule has 0 atom stereocenters. The number of nitrogens with zero attached hydrogens (tertiary/aromatic N) is 4. The summed E-state index contributed by atoms with van der Waals surface area (Å²) in [4.78, 5) is 21.1. The highest BCUT2D eigenvalue weighted by Crippen LogP contribution is 2.11. The Bertz CT molecular complexity index is 958. The van der Waals surface area contributed by atoms with Gasteiger partial charge in [-0.1, -0.05) is 0 Å². The summed E-state index contributed by atoms with van der Waals surface area (Å²) < 4.78 is 9.54. The molecule has 0 heterocycles. The average Bonchev–Trinajstić information content (AvgIpc) is 2.75. The van der Waals surface area contributed by atoms with Gasteiger partial charge in [0.2, 0.25) is 0 Å². The second kappa shape index (κ2) is 11.9. The number of hydrogen-bond donors (Lipinski definition) is 0. The van der Waals surface area contributed by atoms with Crippen LogP contribution in [0.2, 0.25) is 0 Å². The molecule has 0 unspecified atom stereocenters. The fourth-order valence-corrected chi connectivity index (χ4v) is 2.18. The molecule has 0 N–H and O–H groups in total. The van der Waals surface area contributed by atoms with E-state index in [0.717, 1.165) is 0 Å². The van der Waals surface area contributed by atoms with Crippen LogP contribution in [-0.4, -0.2) is 11.9 Å². The number of benzene rings is 2. The lowest BCUT2D eigenvalue weighted by molar-refractivity contribution is -0.143. The van der Waals surface area contributed by atoms with E-state index in [2.05, 4.69) is 0 Å². The fourth-order valence-electron chi connectivity index (χ4n) is 2.18. The molecule has 0 radical (unpaired) electrons. The largest absolute Gasteiger partial charge is 0.461 e. The van der Waals surface area contributed by atoms with Crippen LogP contribution in [0.1, 0.15) is 47.2 Å². The van der Waals surface area contributed by atoms with Crippen LogP contribution in [-0.2, 0) is 32.3 Å². The highest BCUT2D eigenvalue weighted by atomic mass is 16.5. The second-order valence-corrected chi connectivity index (χ2v) is 5.84.